The topological polar surface area (TPSA) is 52.9 Å². The van der Waals surface area contributed by atoms with Gasteiger partial charge in [0, 0.05) is 19.5 Å². The molecule has 158 valence electrons. The molecule has 0 aromatic carbocycles. The van der Waals surface area contributed by atoms with Crippen LogP contribution in [0.3, 0.4) is 0 Å². The zero-order chi connectivity index (χ0) is 20.8. The van der Waals surface area contributed by atoms with Crippen LogP contribution in [0.4, 0.5) is 39.5 Å². The number of hydrogen-bond donors (Lipinski definition) is 2. The molecule has 13 heteroatoms. The number of alkyl halides is 9. The van der Waals surface area contributed by atoms with Crippen molar-refractivity contribution < 1.29 is 54.5 Å². The molecule has 0 radical (unpaired) electrons. The molecule has 26 heavy (non-hydrogen) atoms. The van der Waals surface area contributed by atoms with Crippen molar-refractivity contribution in [2.24, 2.45) is 0 Å². The van der Waals surface area contributed by atoms with Crippen molar-refractivity contribution in [1.82, 2.24) is 4.90 Å². The van der Waals surface area contributed by atoms with E-state index in [-0.39, 0.29) is 19.7 Å². The first kappa shape index (κ1) is 25.2. The zero-order valence-electron chi connectivity index (χ0n) is 13.7. The third-order valence-electron chi connectivity index (χ3n) is 3.41. The fourth-order valence-electron chi connectivity index (χ4n) is 1.86. The van der Waals surface area contributed by atoms with Crippen molar-refractivity contribution >= 4 is 0 Å². The maximum Gasteiger partial charge on any atom is 0.460 e. The van der Waals surface area contributed by atoms with E-state index in [2.05, 4.69) is 4.74 Å². The van der Waals surface area contributed by atoms with E-state index in [0.29, 0.717) is 6.54 Å². The van der Waals surface area contributed by atoms with Crippen LogP contribution >= 0.6 is 0 Å². The lowest BCUT2D eigenvalue weighted by Crippen LogP contribution is -2.61. The van der Waals surface area contributed by atoms with Gasteiger partial charge in [0.25, 0.3) is 0 Å². The molecule has 0 saturated heterocycles. The highest BCUT2D eigenvalue weighted by atomic mass is 19.4. The van der Waals surface area contributed by atoms with Crippen LogP contribution in [0.1, 0.15) is 13.3 Å². The predicted octanol–water partition coefficient (Wildman–Crippen LogP) is 2.54. The molecule has 0 saturated carbocycles. The first-order valence-corrected chi connectivity index (χ1v) is 7.43. The Morgan fingerprint density at radius 3 is 1.92 bits per heavy atom. The molecule has 2 N–H and O–H groups in total. The number of aliphatic hydroxyl groups is 2. The lowest BCUT2D eigenvalue weighted by atomic mass is 10.0. The van der Waals surface area contributed by atoms with Gasteiger partial charge in [0.05, 0.1) is 25.9 Å². The molecule has 0 rings (SSSR count). The quantitative estimate of drug-likeness (QED) is 0.384. The Labute approximate surface area is 143 Å². The predicted molar refractivity (Wildman–Crippen MR) is 71.5 cm³/mol. The largest absolute Gasteiger partial charge is 0.460 e. The summed E-state index contributed by atoms with van der Waals surface area (Å²) in [5.41, 5.74) is 0. The van der Waals surface area contributed by atoms with Crippen LogP contribution < -0.4 is 0 Å². The van der Waals surface area contributed by atoms with E-state index in [0.717, 1.165) is 0 Å². The van der Waals surface area contributed by atoms with Gasteiger partial charge in [0.15, 0.2) is 0 Å². The van der Waals surface area contributed by atoms with Crippen molar-refractivity contribution in [2.45, 2.75) is 43.4 Å². The average Bonchev–Trinajstić information content (AvgIpc) is 2.49. The maximum atomic E-state index is 13.2. The van der Waals surface area contributed by atoms with E-state index < -0.39 is 49.7 Å². The lowest BCUT2D eigenvalue weighted by molar-refractivity contribution is -0.397. The van der Waals surface area contributed by atoms with Crippen LogP contribution in [0.25, 0.3) is 0 Å². The molecule has 0 aliphatic heterocycles. The molecule has 0 spiro atoms. The number of rotatable bonds is 12. The van der Waals surface area contributed by atoms with E-state index >= 15 is 0 Å². The normalized spacial score (nSPS) is 15.6. The van der Waals surface area contributed by atoms with Gasteiger partial charge in [-0.2, -0.15) is 39.5 Å². The van der Waals surface area contributed by atoms with Crippen molar-refractivity contribution in [3.05, 3.63) is 0 Å². The summed E-state index contributed by atoms with van der Waals surface area (Å²) in [6, 6.07) is 0. The molecule has 4 nitrogen and oxygen atoms in total. The number of ether oxygens (including phenoxy) is 1. The monoisotopic (exact) mass is 409 g/mol. The molecule has 1 unspecified atom stereocenters. The minimum Gasteiger partial charge on any atom is -0.395 e. The Bertz CT molecular complexity index is 418. The highest BCUT2D eigenvalue weighted by molar-refractivity contribution is 5.00. The van der Waals surface area contributed by atoms with E-state index in [9.17, 15) is 44.6 Å². The van der Waals surface area contributed by atoms with Crippen LogP contribution in [-0.2, 0) is 4.74 Å². The van der Waals surface area contributed by atoms with Gasteiger partial charge in [0.2, 0.25) is 0 Å². The zero-order valence-corrected chi connectivity index (χ0v) is 13.7. The van der Waals surface area contributed by atoms with Gasteiger partial charge >= 0.3 is 23.9 Å². The van der Waals surface area contributed by atoms with Gasteiger partial charge < -0.3 is 14.9 Å². The molecule has 0 aliphatic rings. The van der Waals surface area contributed by atoms with Gasteiger partial charge in [-0.15, -0.1) is 0 Å². The first-order valence-electron chi connectivity index (χ1n) is 7.43. The Morgan fingerprint density at radius 2 is 1.50 bits per heavy atom. The molecule has 0 amide bonds. The number of likely N-dealkylation sites (N-methyl/N-ethyl adjacent to an activating group) is 1. The molecule has 0 aliphatic carbocycles. The summed E-state index contributed by atoms with van der Waals surface area (Å²) in [6.07, 6.45) is -10.2. The second-order valence-corrected chi connectivity index (χ2v) is 5.45. The third-order valence-corrected chi connectivity index (χ3v) is 3.41. The first-order chi connectivity index (χ1) is 11.6. The van der Waals surface area contributed by atoms with Crippen LogP contribution in [0.15, 0.2) is 0 Å². The van der Waals surface area contributed by atoms with E-state index in [4.69, 9.17) is 5.11 Å². The minimum atomic E-state index is -6.92. The Morgan fingerprint density at radius 1 is 0.962 bits per heavy atom. The Hall–Kier alpha value is -0.790. The second-order valence-electron chi connectivity index (χ2n) is 5.45. The van der Waals surface area contributed by atoms with E-state index in [1.807, 2.05) is 0 Å². The summed E-state index contributed by atoms with van der Waals surface area (Å²) in [5, 5.41) is 18.3. The van der Waals surface area contributed by atoms with Crippen molar-refractivity contribution in [3.63, 3.8) is 0 Å². The summed E-state index contributed by atoms with van der Waals surface area (Å²) in [5.74, 6) is -19.3. The minimum absolute atomic E-state index is 0.0598. The number of halogens is 9. The van der Waals surface area contributed by atoms with Crippen LogP contribution in [0.5, 0.6) is 0 Å². The third kappa shape index (κ3) is 6.13. The molecule has 1 atom stereocenters. The van der Waals surface area contributed by atoms with E-state index in [1.165, 1.54) is 0 Å². The smallest absolute Gasteiger partial charge is 0.395 e. The van der Waals surface area contributed by atoms with Gasteiger partial charge in [-0.3, -0.25) is 4.90 Å². The van der Waals surface area contributed by atoms with Crippen LogP contribution in [0, 0.1) is 0 Å². The van der Waals surface area contributed by atoms with Gasteiger partial charge in [-0.05, 0) is 6.54 Å². The van der Waals surface area contributed by atoms with Gasteiger partial charge in [-0.1, -0.05) is 6.92 Å². The molecule has 0 heterocycles. The fraction of sp³-hybridized carbons (Fsp3) is 1.00. The summed E-state index contributed by atoms with van der Waals surface area (Å²) in [7, 11) is 0. The highest BCUT2D eigenvalue weighted by Crippen LogP contribution is 2.53. The summed E-state index contributed by atoms with van der Waals surface area (Å²) >= 11 is 0. The number of nitrogens with zero attached hydrogens (tertiary/aromatic N) is 1. The summed E-state index contributed by atoms with van der Waals surface area (Å²) in [4.78, 5) is 1.54. The highest BCUT2D eigenvalue weighted by Gasteiger charge is 2.81. The Balaban J connectivity index is 4.61. The SMILES string of the molecule is CCN(CCO)CC(O)COCCC(F)(F)C(F)(F)C(F)(F)C(F)(F)F. The van der Waals surface area contributed by atoms with E-state index in [1.54, 1.807) is 11.8 Å². The summed E-state index contributed by atoms with van der Waals surface area (Å²) < 4.78 is 118. The van der Waals surface area contributed by atoms with Crippen molar-refractivity contribution in [3.8, 4) is 0 Å². The lowest BCUT2D eigenvalue weighted by Gasteiger charge is -2.33. The summed E-state index contributed by atoms with van der Waals surface area (Å²) in [6.45, 7) is 0.0797. The van der Waals surface area contributed by atoms with Gasteiger partial charge in [-0.25, -0.2) is 0 Å². The van der Waals surface area contributed by atoms with Crippen LogP contribution in [0.2, 0.25) is 0 Å². The molecule has 0 aromatic rings. The number of hydrogen-bond acceptors (Lipinski definition) is 4. The molecule has 0 fully saturated rings. The fourth-order valence-corrected chi connectivity index (χ4v) is 1.86. The Kier molecular flexibility index (Phi) is 9.13. The van der Waals surface area contributed by atoms with Crippen LogP contribution in [-0.4, -0.2) is 84.6 Å². The average molecular weight is 409 g/mol. The second kappa shape index (κ2) is 9.42. The molecule has 0 bridgehead atoms. The molecular formula is C13H20F9NO3. The molecular weight excluding hydrogens is 389 g/mol. The van der Waals surface area contributed by atoms with Crippen molar-refractivity contribution in [1.29, 1.82) is 0 Å². The van der Waals surface area contributed by atoms with Crippen molar-refractivity contribution in [2.75, 3.05) is 39.5 Å². The standard InChI is InChI=1S/C13H20F9NO3/c1-2-23(4-5-24)7-9(25)8-26-6-3-10(14,15)11(16,17)12(18,19)13(20,21)22/h9,24-25H,2-8H2,1H3. The van der Waals surface area contributed by atoms with Gasteiger partial charge in [0.1, 0.15) is 0 Å². The maximum absolute atomic E-state index is 13.2. The molecule has 0 aromatic heterocycles. The number of aliphatic hydroxyl groups excluding tert-OH is 2.